The van der Waals surface area contributed by atoms with E-state index in [9.17, 15) is 18.0 Å². The number of methoxy groups -OCH3 is 2. The highest BCUT2D eigenvalue weighted by Gasteiger charge is 2.30. The lowest BCUT2D eigenvalue weighted by Crippen LogP contribution is -2.50. The number of esters is 1. The summed E-state index contributed by atoms with van der Waals surface area (Å²) >= 11 is 1.45. The number of benzene rings is 1. The fourth-order valence-corrected chi connectivity index (χ4v) is 7.08. The first kappa shape index (κ1) is 24.6. The molecule has 4 rings (SSSR count). The standard InChI is InChI=1S/C23H29N3O6S2/c1-31-16-7-9-17(10-8-16)34(29,30)26-13-11-25(12-14-26)15-20(27)24-22-21(23(28)32-2)18-5-3-4-6-19(18)33-22/h7-10H,3-6,11-15H2,1-2H3,(H,24,27). The molecule has 1 amide bonds. The van der Waals surface area contributed by atoms with Crippen LogP contribution in [0, 0.1) is 0 Å². The molecule has 2 aliphatic rings. The first-order chi connectivity index (χ1) is 16.3. The summed E-state index contributed by atoms with van der Waals surface area (Å²) in [5.74, 6) is -0.0565. The maximum Gasteiger partial charge on any atom is 0.341 e. The van der Waals surface area contributed by atoms with E-state index < -0.39 is 16.0 Å². The van der Waals surface area contributed by atoms with Gasteiger partial charge in [0.05, 0.1) is 31.2 Å². The Morgan fingerprint density at radius 2 is 1.71 bits per heavy atom. The maximum absolute atomic E-state index is 12.9. The van der Waals surface area contributed by atoms with E-state index in [0.29, 0.717) is 42.5 Å². The van der Waals surface area contributed by atoms with Gasteiger partial charge in [-0.25, -0.2) is 13.2 Å². The van der Waals surface area contributed by atoms with Gasteiger partial charge in [-0.15, -0.1) is 11.3 Å². The predicted octanol–water partition coefficient (Wildman–Crippen LogP) is 2.37. The molecule has 0 spiro atoms. The van der Waals surface area contributed by atoms with Crippen molar-refractivity contribution in [2.75, 3.05) is 52.3 Å². The largest absolute Gasteiger partial charge is 0.497 e. The third-order valence-electron chi connectivity index (χ3n) is 6.21. The number of piperazine rings is 1. The van der Waals surface area contributed by atoms with Crippen molar-refractivity contribution in [1.82, 2.24) is 9.21 Å². The maximum atomic E-state index is 12.9. The summed E-state index contributed by atoms with van der Waals surface area (Å²) in [6, 6.07) is 6.32. The molecule has 11 heteroatoms. The summed E-state index contributed by atoms with van der Waals surface area (Å²) in [6.45, 7) is 1.59. The summed E-state index contributed by atoms with van der Waals surface area (Å²) < 4.78 is 37.3. The molecule has 2 aromatic rings. The highest BCUT2D eigenvalue weighted by molar-refractivity contribution is 7.89. The van der Waals surface area contributed by atoms with Crippen molar-refractivity contribution in [3.8, 4) is 5.75 Å². The van der Waals surface area contributed by atoms with Crippen molar-refractivity contribution < 1.29 is 27.5 Å². The van der Waals surface area contributed by atoms with Crippen LogP contribution in [-0.2, 0) is 32.4 Å². The third-order valence-corrected chi connectivity index (χ3v) is 9.33. The Morgan fingerprint density at radius 3 is 2.35 bits per heavy atom. The van der Waals surface area contributed by atoms with Gasteiger partial charge in [0.1, 0.15) is 10.8 Å². The predicted molar refractivity (Wildman–Crippen MR) is 129 cm³/mol. The van der Waals surface area contributed by atoms with Gasteiger partial charge < -0.3 is 14.8 Å². The number of rotatable bonds is 7. The highest BCUT2D eigenvalue weighted by Crippen LogP contribution is 2.38. The first-order valence-electron chi connectivity index (χ1n) is 11.2. The summed E-state index contributed by atoms with van der Waals surface area (Å²) in [4.78, 5) is 28.4. The highest BCUT2D eigenvalue weighted by atomic mass is 32.2. The first-order valence-corrected chi connectivity index (χ1v) is 13.5. The van der Waals surface area contributed by atoms with E-state index in [1.165, 1.54) is 42.0 Å². The van der Waals surface area contributed by atoms with Gasteiger partial charge in [-0.3, -0.25) is 9.69 Å². The Labute approximate surface area is 203 Å². The van der Waals surface area contributed by atoms with E-state index in [4.69, 9.17) is 9.47 Å². The molecule has 1 aromatic carbocycles. The Hall–Kier alpha value is -2.47. The number of aryl methyl sites for hydroxylation is 1. The second-order valence-electron chi connectivity index (χ2n) is 8.31. The number of carbonyl (C=O) groups is 2. The molecule has 0 unspecified atom stereocenters. The Bertz CT molecular complexity index is 1150. The molecule has 0 bridgehead atoms. The molecule has 1 aliphatic heterocycles. The van der Waals surface area contributed by atoms with Crippen molar-refractivity contribution >= 4 is 38.2 Å². The number of amides is 1. The van der Waals surface area contributed by atoms with Gasteiger partial charge >= 0.3 is 5.97 Å². The zero-order valence-corrected chi connectivity index (χ0v) is 21.0. The van der Waals surface area contributed by atoms with Gasteiger partial charge in [-0.1, -0.05) is 0 Å². The topological polar surface area (TPSA) is 105 Å². The lowest BCUT2D eigenvalue weighted by atomic mass is 9.95. The van der Waals surface area contributed by atoms with E-state index in [2.05, 4.69) is 5.32 Å². The van der Waals surface area contributed by atoms with Gasteiger partial charge in [0, 0.05) is 31.1 Å². The number of hydrogen-bond acceptors (Lipinski definition) is 8. The number of sulfonamides is 1. The minimum atomic E-state index is -3.61. The average Bonchev–Trinajstić information content (AvgIpc) is 3.21. The van der Waals surface area contributed by atoms with Crippen molar-refractivity contribution in [2.45, 2.75) is 30.6 Å². The molecule has 0 saturated carbocycles. The summed E-state index contributed by atoms with van der Waals surface area (Å²) in [6.07, 6.45) is 3.82. The lowest BCUT2D eigenvalue weighted by Gasteiger charge is -2.33. The van der Waals surface area contributed by atoms with Crippen LogP contribution < -0.4 is 10.1 Å². The Morgan fingerprint density at radius 1 is 1.03 bits per heavy atom. The van der Waals surface area contributed by atoms with Crippen LogP contribution in [-0.4, -0.2) is 76.4 Å². The van der Waals surface area contributed by atoms with Crippen LogP contribution in [0.2, 0.25) is 0 Å². The van der Waals surface area contributed by atoms with Gasteiger partial charge in [-0.05, 0) is 55.5 Å². The number of anilines is 1. The van der Waals surface area contributed by atoms with Gasteiger partial charge in [-0.2, -0.15) is 4.31 Å². The monoisotopic (exact) mass is 507 g/mol. The van der Waals surface area contributed by atoms with Crippen molar-refractivity contribution in [1.29, 1.82) is 0 Å². The van der Waals surface area contributed by atoms with E-state index >= 15 is 0 Å². The molecular weight excluding hydrogens is 478 g/mol. The molecule has 0 radical (unpaired) electrons. The van der Waals surface area contributed by atoms with Gasteiger partial charge in [0.25, 0.3) is 0 Å². The van der Waals surface area contributed by atoms with Crippen molar-refractivity contribution in [2.24, 2.45) is 0 Å². The Kier molecular flexibility index (Phi) is 7.56. The van der Waals surface area contributed by atoms with Crippen LogP contribution in [0.4, 0.5) is 5.00 Å². The van der Waals surface area contributed by atoms with Gasteiger partial charge in [0.2, 0.25) is 15.9 Å². The molecule has 1 fully saturated rings. The zero-order chi connectivity index (χ0) is 24.3. The second-order valence-corrected chi connectivity index (χ2v) is 11.4. The fraction of sp³-hybridized carbons (Fsp3) is 0.478. The number of fused-ring (bicyclic) bond motifs is 1. The number of ether oxygens (including phenoxy) is 2. The molecule has 1 aliphatic carbocycles. The van der Waals surface area contributed by atoms with Crippen LogP contribution in [0.3, 0.4) is 0 Å². The van der Waals surface area contributed by atoms with E-state index in [0.717, 1.165) is 36.1 Å². The summed E-state index contributed by atoms with van der Waals surface area (Å²) in [7, 11) is -0.730. The zero-order valence-electron chi connectivity index (χ0n) is 19.3. The van der Waals surface area contributed by atoms with Crippen LogP contribution in [0.15, 0.2) is 29.2 Å². The van der Waals surface area contributed by atoms with E-state index in [-0.39, 0.29) is 17.3 Å². The molecule has 0 atom stereocenters. The van der Waals surface area contributed by atoms with Crippen LogP contribution in [0.1, 0.15) is 33.6 Å². The van der Waals surface area contributed by atoms with Crippen LogP contribution >= 0.6 is 11.3 Å². The molecule has 34 heavy (non-hydrogen) atoms. The van der Waals surface area contributed by atoms with Gasteiger partial charge in [0.15, 0.2) is 0 Å². The third kappa shape index (κ3) is 5.12. The minimum Gasteiger partial charge on any atom is -0.497 e. The number of nitrogens with one attached hydrogen (secondary N) is 1. The molecule has 1 saturated heterocycles. The number of thiophene rings is 1. The summed E-state index contributed by atoms with van der Waals surface area (Å²) in [5, 5.41) is 3.45. The summed E-state index contributed by atoms with van der Waals surface area (Å²) in [5.41, 5.74) is 1.47. The number of carbonyl (C=O) groups excluding carboxylic acids is 2. The fourth-order valence-electron chi connectivity index (χ4n) is 4.37. The van der Waals surface area contributed by atoms with E-state index in [1.807, 2.05) is 4.90 Å². The Balaban J connectivity index is 1.36. The second kappa shape index (κ2) is 10.4. The number of hydrogen-bond donors (Lipinski definition) is 1. The molecule has 2 heterocycles. The number of nitrogens with zero attached hydrogens (tertiary/aromatic N) is 2. The molecule has 184 valence electrons. The van der Waals surface area contributed by atoms with E-state index in [1.54, 1.807) is 12.1 Å². The molecule has 1 N–H and O–H groups in total. The van der Waals surface area contributed by atoms with Crippen molar-refractivity contribution in [3.05, 3.63) is 40.3 Å². The van der Waals surface area contributed by atoms with Crippen molar-refractivity contribution in [3.63, 3.8) is 0 Å². The van der Waals surface area contributed by atoms with Crippen LogP contribution in [0.25, 0.3) is 0 Å². The molecule has 9 nitrogen and oxygen atoms in total. The quantitative estimate of drug-likeness (QED) is 0.574. The average molecular weight is 508 g/mol. The molecule has 1 aromatic heterocycles. The SMILES string of the molecule is COC(=O)c1c(NC(=O)CN2CCN(S(=O)(=O)c3ccc(OC)cc3)CC2)sc2c1CCCC2. The van der Waals surface area contributed by atoms with Crippen LogP contribution in [0.5, 0.6) is 5.75 Å². The molecular formula is C23H29N3O6S2. The smallest absolute Gasteiger partial charge is 0.341 e. The normalized spacial score (nSPS) is 17.1. The lowest BCUT2D eigenvalue weighted by molar-refractivity contribution is -0.117. The minimum absolute atomic E-state index is 0.125.